The zero-order valence-corrected chi connectivity index (χ0v) is 17.6. The van der Waals surface area contributed by atoms with Crippen LogP contribution in [0, 0.1) is 5.41 Å². The molecule has 1 aliphatic heterocycles. The highest BCUT2D eigenvalue weighted by atomic mass is 32.2. The molecule has 0 aromatic heterocycles. The highest BCUT2D eigenvalue weighted by molar-refractivity contribution is 7.91. The quantitative estimate of drug-likeness (QED) is 0.722. The molecule has 1 N–H and O–H groups in total. The van der Waals surface area contributed by atoms with Crippen LogP contribution in [0.15, 0.2) is 24.3 Å². The molecular formula is C20H26F3NO5S. The van der Waals surface area contributed by atoms with E-state index in [0.29, 0.717) is 31.5 Å². The highest BCUT2D eigenvalue weighted by Gasteiger charge is 2.52. The van der Waals surface area contributed by atoms with E-state index >= 15 is 0 Å². The maximum Gasteiger partial charge on any atom is 0.422 e. The van der Waals surface area contributed by atoms with Crippen LogP contribution >= 0.6 is 0 Å². The first-order valence-electron chi connectivity index (χ1n) is 9.91. The molecule has 6 nitrogen and oxygen atoms in total. The van der Waals surface area contributed by atoms with E-state index in [1.165, 1.54) is 12.1 Å². The van der Waals surface area contributed by atoms with Gasteiger partial charge in [0.05, 0.1) is 16.8 Å². The predicted octanol–water partition coefficient (Wildman–Crippen LogP) is 3.09. The minimum absolute atomic E-state index is 0.0319. The van der Waals surface area contributed by atoms with E-state index in [9.17, 15) is 31.5 Å². The summed E-state index contributed by atoms with van der Waals surface area (Å²) in [7, 11) is -3.33. The molecule has 2 aliphatic rings. The molecule has 10 heteroatoms. The first-order valence-corrected chi connectivity index (χ1v) is 11.7. The molecule has 1 aliphatic carbocycles. The molecule has 1 aromatic rings. The van der Waals surface area contributed by atoms with Crippen LogP contribution in [0.5, 0.6) is 5.75 Å². The summed E-state index contributed by atoms with van der Waals surface area (Å²) in [5, 5.41) is 10.7. The number of benzene rings is 1. The van der Waals surface area contributed by atoms with Crippen LogP contribution in [0.1, 0.15) is 39.0 Å². The monoisotopic (exact) mass is 449 g/mol. The Hall–Kier alpha value is -1.81. The summed E-state index contributed by atoms with van der Waals surface area (Å²) < 4.78 is 65.3. The molecule has 1 aromatic carbocycles. The third kappa shape index (κ3) is 5.08. The van der Waals surface area contributed by atoms with Gasteiger partial charge in [-0.15, -0.1) is 0 Å². The lowest BCUT2D eigenvalue weighted by molar-refractivity contribution is -0.153. The number of carbonyl (C=O) groups excluding carboxylic acids is 1. The van der Waals surface area contributed by atoms with Crippen LogP contribution in [0.4, 0.5) is 18.9 Å². The van der Waals surface area contributed by atoms with Gasteiger partial charge in [0.2, 0.25) is 5.91 Å². The largest absolute Gasteiger partial charge is 0.484 e. The molecular weight excluding hydrogens is 423 g/mol. The SMILES string of the molecule is CCS(=O)(=O)C[C@]1(O)CC[C@@]2(CCN(c3ccc(OCC(F)(F)F)cc3)C2=O)CC1. The number of anilines is 1. The first-order chi connectivity index (χ1) is 13.9. The van der Waals surface area contributed by atoms with Gasteiger partial charge in [0.25, 0.3) is 0 Å². The average Bonchev–Trinajstić information content (AvgIpc) is 2.99. The molecule has 1 spiro atoms. The molecule has 0 unspecified atom stereocenters. The van der Waals surface area contributed by atoms with Gasteiger partial charge in [-0.05, 0) is 56.4 Å². The highest BCUT2D eigenvalue weighted by Crippen LogP contribution is 2.49. The minimum Gasteiger partial charge on any atom is -0.484 e. The normalized spacial score (nSPS) is 27.6. The Balaban J connectivity index is 1.64. The van der Waals surface area contributed by atoms with Crippen LogP contribution in [-0.4, -0.2) is 55.9 Å². The van der Waals surface area contributed by atoms with Crippen LogP contribution in [-0.2, 0) is 14.6 Å². The number of alkyl halides is 3. The van der Waals surface area contributed by atoms with Crippen molar-refractivity contribution in [2.75, 3.05) is 29.6 Å². The van der Waals surface area contributed by atoms with Gasteiger partial charge < -0.3 is 14.7 Å². The van der Waals surface area contributed by atoms with E-state index < -0.39 is 33.6 Å². The fraction of sp³-hybridized carbons (Fsp3) is 0.650. The zero-order valence-electron chi connectivity index (χ0n) is 16.7. The van der Waals surface area contributed by atoms with Crippen LogP contribution in [0.3, 0.4) is 0 Å². The Bertz CT molecular complexity index is 875. The Morgan fingerprint density at radius 1 is 1.10 bits per heavy atom. The van der Waals surface area contributed by atoms with Gasteiger partial charge in [0.15, 0.2) is 16.4 Å². The Kier molecular flexibility index (Phi) is 6.12. The van der Waals surface area contributed by atoms with E-state index in [1.54, 1.807) is 24.0 Å². The predicted molar refractivity (Wildman–Crippen MR) is 105 cm³/mol. The zero-order chi connectivity index (χ0) is 22.2. The third-order valence-electron chi connectivity index (χ3n) is 6.13. The molecule has 1 amide bonds. The Morgan fingerprint density at radius 2 is 1.70 bits per heavy atom. The number of carbonyl (C=O) groups is 1. The van der Waals surface area contributed by atoms with E-state index in [1.807, 2.05) is 0 Å². The lowest BCUT2D eigenvalue weighted by atomic mass is 9.68. The van der Waals surface area contributed by atoms with Crippen LogP contribution in [0.2, 0.25) is 0 Å². The van der Waals surface area contributed by atoms with Crippen molar-refractivity contribution in [2.24, 2.45) is 5.41 Å². The summed E-state index contributed by atoms with van der Waals surface area (Å²) in [4.78, 5) is 14.7. The van der Waals surface area contributed by atoms with Crippen molar-refractivity contribution in [1.82, 2.24) is 0 Å². The Labute approximate surface area is 173 Å². The number of hydrogen-bond acceptors (Lipinski definition) is 5. The van der Waals surface area contributed by atoms with Gasteiger partial charge >= 0.3 is 6.18 Å². The third-order valence-corrected chi connectivity index (χ3v) is 7.99. The van der Waals surface area contributed by atoms with Crippen molar-refractivity contribution in [1.29, 1.82) is 0 Å². The summed E-state index contributed by atoms with van der Waals surface area (Å²) in [6, 6.07) is 5.90. The molecule has 0 atom stereocenters. The second-order valence-electron chi connectivity index (χ2n) is 8.29. The van der Waals surface area contributed by atoms with Crippen molar-refractivity contribution < 1.29 is 36.2 Å². The second kappa shape index (κ2) is 8.03. The number of hydrogen-bond donors (Lipinski definition) is 1. The van der Waals surface area contributed by atoms with Gasteiger partial charge in [-0.1, -0.05) is 6.92 Å². The van der Waals surface area contributed by atoms with E-state index in [2.05, 4.69) is 0 Å². The van der Waals surface area contributed by atoms with Crippen molar-refractivity contribution in [3.63, 3.8) is 0 Å². The maximum atomic E-state index is 13.1. The van der Waals surface area contributed by atoms with Crippen molar-refractivity contribution >= 4 is 21.4 Å². The molecule has 3 rings (SSSR count). The van der Waals surface area contributed by atoms with E-state index in [0.717, 1.165) is 0 Å². The second-order valence-corrected chi connectivity index (χ2v) is 10.6. The summed E-state index contributed by atoms with van der Waals surface area (Å²) in [5.41, 5.74) is -1.36. The number of nitrogens with zero attached hydrogens (tertiary/aromatic N) is 1. The summed E-state index contributed by atoms with van der Waals surface area (Å²) in [6.45, 7) is 0.628. The number of amides is 1. The molecule has 1 saturated carbocycles. The molecule has 30 heavy (non-hydrogen) atoms. The van der Waals surface area contributed by atoms with Gasteiger partial charge in [0.1, 0.15) is 5.75 Å². The van der Waals surface area contributed by atoms with Crippen molar-refractivity contribution in [3.8, 4) is 5.75 Å². The van der Waals surface area contributed by atoms with E-state index in [4.69, 9.17) is 4.74 Å². The van der Waals surface area contributed by atoms with Crippen LogP contribution in [0.25, 0.3) is 0 Å². The first kappa shape index (κ1) is 22.9. The smallest absolute Gasteiger partial charge is 0.422 e. The minimum atomic E-state index is -4.42. The number of aliphatic hydroxyl groups is 1. The van der Waals surface area contributed by atoms with E-state index in [-0.39, 0.29) is 36.0 Å². The number of sulfone groups is 1. The fourth-order valence-electron chi connectivity index (χ4n) is 4.27. The topological polar surface area (TPSA) is 83.9 Å². The number of rotatable bonds is 6. The maximum absolute atomic E-state index is 13.1. The summed E-state index contributed by atoms with van der Waals surface area (Å²) in [5.74, 6) is -0.344. The summed E-state index contributed by atoms with van der Waals surface area (Å²) in [6.07, 6.45) is -2.52. The van der Waals surface area contributed by atoms with Gasteiger partial charge in [0, 0.05) is 18.0 Å². The fourth-order valence-corrected chi connectivity index (χ4v) is 5.58. The molecule has 0 bridgehead atoms. The molecule has 168 valence electrons. The van der Waals surface area contributed by atoms with Gasteiger partial charge in [-0.25, -0.2) is 8.42 Å². The number of halogens is 3. The lowest BCUT2D eigenvalue weighted by Gasteiger charge is -2.40. The standard InChI is InChI=1S/C20H26F3NO5S/c1-2-30(27,28)14-19(26)9-7-18(8-10-19)11-12-24(17(18)25)15-3-5-16(6-4-15)29-13-20(21,22)23/h3-6,26H,2,7-14H2,1H3/t18-,19-. The van der Waals surface area contributed by atoms with Gasteiger partial charge in [-0.2, -0.15) is 13.2 Å². The molecule has 0 radical (unpaired) electrons. The lowest BCUT2D eigenvalue weighted by Crippen LogP contribution is -2.47. The molecule has 1 saturated heterocycles. The number of ether oxygens (including phenoxy) is 1. The molecule has 2 fully saturated rings. The van der Waals surface area contributed by atoms with Crippen molar-refractivity contribution in [3.05, 3.63) is 24.3 Å². The van der Waals surface area contributed by atoms with Crippen molar-refractivity contribution in [2.45, 2.75) is 50.8 Å². The summed E-state index contributed by atoms with van der Waals surface area (Å²) >= 11 is 0. The van der Waals surface area contributed by atoms with Gasteiger partial charge in [-0.3, -0.25) is 4.79 Å². The van der Waals surface area contributed by atoms with Crippen LogP contribution < -0.4 is 9.64 Å². The molecule has 1 heterocycles. The Morgan fingerprint density at radius 3 is 2.23 bits per heavy atom. The average molecular weight is 449 g/mol.